The second kappa shape index (κ2) is 11.7. The average Bonchev–Trinajstić information content (AvgIpc) is 2.77. The molecule has 0 saturated carbocycles. The minimum Gasteiger partial charge on any atom is -0.493 e. The predicted molar refractivity (Wildman–Crippen MR) is 133 cm³/mol. The van der Waals surface area contributed by atoms with E-state index in [0.717, 1.165) is 33.6 Å². The lowest BCUT2D eigenvalue weighted by atomic mass is 9.80. The van der Waals surface area contributed by atoms with Crippen LogP contribution in [-0.4, -0.2) is 35.8 Å². The Balaban J connectivity index is 1.66. The lowest BCUT2D eigenvalue weighted by Crippen LogP contribution is -2.29. The standard InChI is InChI=1S/C27H31BO6/c1-18-14-26(32-13-12-20(3)34-21(4)29)15-19(2)27(18)23-7-5-6-22(16-23)17-33-25-10-8-24(9-11-25)28(30)31/h5-11,14-16,20,30-31H,12-13,17H2,1-4H3/t20-/m1/s1. The first-order valence-electron chi connectivity index (χ1n) is 11.3. The van der Waals surface area contributed by atoms with Crippen molar-refractivity contribution in [3.63, 3.8) is 0 Å². The zero-order valence-electron chi connectivity index (χ0n) is 20.1. The molecular formula is C27H31BO6. The highest BCUT2D eigenvalue weighted by Crippen LogP contribution is 2.32. The summed E-state index contributed by atoms with van der Waals surface area (Å²) in [6.07, 6.45) is 0.452. The number of carbonyl (C=O) groups is 1. The van der Waals surface area contributed by atoms with Gasteiger partial charge in [0.25, 0.3) is 0 Å². The van der Waals surface area contributed by atoms with Crippen LogP contribution in [0.15, 0.2) is 60.7 Å². The number of rotatable bonds is 10. The summed E-state index contributed by atoms with van der Waals surface area (Å²) >= 11 is 0. The van der Waals surface area contributed by atoms with Gasteiger partial charge >= 0.3 is 13.1 Å². The van der Waals surface area contributed by atoms with Crippen molar-refractivity contribution in [2.45, 2.75) is 46.8 Å². The van der Waals surface area contributed by atoms with E-state index in [4.69, 9.17) is 14.2 Å². The second-order valence-electron chi connectivity index (χ2n) is 8.42. The normalized spacial score (nSPS) is 11.6. The minimum absolute atomic E-state index is 0.178. The van der Waals surface area contributed by atoms with Crippen molar-refractivity contribution in [1.29, 1.82) is 0 Å². The van der Waals surface area contributed by atoms with Crippen LogP contribution < -0.4 is 14.9 Å². The summed E-state index contributed by atoms with van der Waals surface area (Å²) in [5.74, 6) is 1.17. The van der Waals surface area contributed by atoms with Gasteiger partial charge < -0.3 is 24.3 Å². The Morgan fingerprint density at radius 3 is 2.24 bits per heavy atom. The maximum Gasteiger partial charge on any atom is 0.488 e. The van der Waals surface area contributed by atoms with E-state index in [1.165, 1.54) is 6.92 Å². The maximum atomic E-state index is 11.0. The molecule has 178 valence electrons. The molecule has 34 heavy (non-hydrogen) atoms. The van der Waals surface area contributed by atoms with Crippen LogP contribution in [0.25, 0.3) is 11.1 Å². The Labute approximate surface area is 201 Å². The van der Waals surface area contributed by atoms with Gasteiger partial charge in [-0.15, -0.1) is 0 Å². The Morgan fingerprint density at radius 2 is 1.62 bits per heavy atom. The van der Waals surface area contributed by atoms with Gasteiger partial charge in [0.2, 0.25) is 0 Å². The molecule has 0 aliphatic heterocycles. The quantitative estimate of drug-likeness (QED) is 0.351. The zero-order chi connectivity index (χ0) is 24.7. The third kappa shape index (κ3) is 7.11. The van der Waals surface area contributed by atoms with Gasteiger partial charge in [-0.25, -0.2) is 0 Å². The topological polar surface area (TPSA) is 85.2 Å². The van der Waals surface area contributed by atoms with Gasteiger partial charge in [0.1, 0.15) is 24.2 Å². The highest BCUT2D eigenvalue weighted by atomic mass is 16.5. The van der Waals surface area contributed by atoms with E-state index in [2.05, 4.69) is 26.0 Å². The largest absolute Gasteiger partial charge is 0.493 e. The molecule has 0 radical (unpaired) electrons. The lowest BCUT2D eigenvalue weighted by Gasteiger charge is -2.16. The Hall–Kier alpha value is -3.29. The van der Waals surface area contributed by atoms with Crippen molar-refractivity contribution < 1.29 is 29.1 Å². The molecule has 2 N–H and O–H groups in total. The number of hydrogen-bond donors (Lipinski definition) is 2. The van der Waals surface area contributed by atoms with Crippen molar-refractivity contribution >= 4 is 18.6 Å². The summed E-state index contributed by atoms with van der Waals surface area (Å²) in [7, 11) is -1.49. The van der Waals surface area contributed by atoms with E-state index in [9.17, 15) is 14.8 Å². The summed E-state index contributed by atoms with van der Waals surface area (Å²) < 4.78 is 16.9. The van der Waals surface area contributed by atoms with Crippen LogP contribution >= 0.6 is 0 Å². The predicted octanol–water partition coefficient (Wildman–Crippen LogP) is 3.95. The number of ether oxygens (including phenoxy) is 3. The fourth-order valence-corrected chi connectivity index (χ4v) is 3.87. The van der Waals surface area contributed by atoms with Crippen LogP contribution in [0.1, 0.15) is 37.0 Å². The van der Waals surface area contributed by atoms with Gasteiger partial charge in [-0.05, 0) is 84.4 Å². The molecule has 1 atom stereocenters. The molecule has 0 spiro atoms. The van der Waals surface area contributed by atoms with E-state index >= 15 is 0 Å². The molecule has 0 saturated heterocycles. The Morgan fingerprint density at radius 1 is 0.941 bits per heavy atom. The molecule has 3 aromatic rings. The summed E-state index contributed by atoms with van der Waals surface area (Å²) in [5, 5.41) is 18.4. The average molecular weight is 462 g/mol. The van der Waals surface area contributed by atoms with Crippen LogP contribution in [0.4, 0.5) is 0 Å². The number of carbonyl (C=O) groups excluding carboxylic acids is 1. The maximum absolute atomic E-state index is 11.0. The lowest BCUT2D eigenvalue weighted by molar-refractivity contribution is -0.145. The number of benzene rings is 3. The summed E-state index contributed by atoms with van der Waals surface area (Å²) in [5.41, 5.74) is 5.93. The molecule has 0 heterocycles. The molecule has 0 aromatic heterocycles. The van der Waals surface area contributed by atoms with E-state index < -0.39 is 7.12 Å². The smallest absolute Gasteiger partial charge is 0.488 e. The molecular weight excluding hydrogens is 431 g/mol. The summed E-state index contributed by atoms with van der Waals surface area (Å²) in [4.78, 5) is 11.0. The number of esters is 1. The summed E-state index contributed by atoms with van der Waals surface area (Å²) in [6, 6.07) is 19.0. The molecule has 3 aromatic carbocycles. The third-order valence-corrected chi connectivity index (χ3v) is 5.47. The van der Waals surface area contributed by atoms with Crippen LogP contribution in [0.5, 0.6) is 11.5 Å². The molecule has 0 aliphatic rings. The van der Waals surface area contributed by atoms with Gasteiger partial charge in [-0.1, -0.05) is 30.3 Å². The van der Waals surface area contributed by atoms with Crippen LogP contribution in [-0.2, 0) is 16.1 Å². The first-order valence-corrected chi connectivity index (χ1v) is 11.3. The van der Waals surface area contributed by atoms with E-state index in [1.807, 2.05) is 31.2 Å². The van der Waals surface area contributed by atoms with E-state index in [-0.39, 0.29) is 12.1 Å². The van der Waals surface area contributed by atoms with E-state index in [0.29, 0.717) is 30.8 Å². The minimum atomic E-state index is -1.49. The second-order valence-corrected chi connectivity index (χ2v) is 8.42. The van der Waals surface area contributed by atoms with Crippen LogP contribution in [0, 0.1) is 13.8 Å². The number of aryl methyl sites for hydroxylation is 2. The SMILES string of the molecule is CC(=O)O[C@H](C)CCOc1cc(C)c(-c2cccc(COc3ccc(B(O)O)cc3)c2)c(C)c1. The van der Waals surface area contributed by atoms with Crippen molar-refractivity contribution in [3.8, 4) is 22.6 Å². The van der Waals surface area contributed by atoms with E-state index in [1.54, 1.807) is 24.3 Å². The van der Waals surface area contributed by atoms with Gasteiger partial charge in [-0.2, -0.15) is 0 Å². The van der Waals surface area contributed by atoms with Crippen LogP contribution in [0.3, 0.4) is 0 Å². The number of hydrogen-bond acceptors (Lipinski definition) is 6. The van der Waals surface area contributed by atoms with Crippen molar-refractivity contribution in [2.24, 2.45) is 0 Å². The molecule has 0 amide bonds. The fourth-order valence-electron chi connectivity index (χ4n) is 3.87. The third-order valence-electron chi connectivity index (χ3n) is 5.47. The molecule has 0 bridgehead atoms. The fraction of sp³-hybridized carbons (Fsp3) is 0.296. The molecule has 0 aliphatic carbocycles. The van der Waals surface area contributed by atoms with Gasteiger partial charge in [-0.3, -0.25) is 4.79 Å². The highest BCUT2D eigenvalue weighted by molar-refractivity contribution is 6.58. The molecule has 3 rings (SSSR count). The Kier molecular flexibility index (Phi) is 8.74. The zero-order valence-corrected chi connectivity index (χ0v) is 20.1. The van der Waals surface area contributed by atoms with Gasteiger partial charge in [0.15, 0.2) is 0 Å². The van der Waals surface area contributed by atoms with Crippen molar-refractivity contribution in [1.82, 2.24) is 0 Å². The van der Waals surface area contributed by atoms with Crippen molar-refractivity contribution in [3.05, 3.63) is 77.4 Å². The molecule has 0 fully saturated rings. The first-order chi connectivity index (χ1) is 16.2. The summed E-state index contributed by atoms with van der Waals surface area (Å²) in [6.45, 7) is 8.27. The van der Waals surface area contributed by atoms with Crippen molar-refractivity contribution in [2.75, 3.05) is 6.61 Å². The Bertz CT molecular complexity index is 1090. The first kappa shape index (κ1) is 25.3. The van der Waals surface area contributed by atoms with Gasteiger partial charge in [0, 0.05) is 13.3 Å². The van der Waals surface area contributed by atoms with Gasteiger partial charge in [0.05, 0.1) is 6.61 Å². The van der Waals surface area contributed by atoms with Crippen LogP contribution in [0.2, 0.25) is 0 Å². The molecule has 0 unspecified atom stereocenters. The molecule has 6 nitrogen and oxygen atoms in total. The molecule has 7 heteroatoms. The monoisotopic (exact) mass is 462 g/mol. The highest BCUT2D eigenvalue weighted by Gasteiger charge is 2.12.